The van der Waals surface area contributed by atoms with Crippen molar-refractivity contribution in [2.24, 2.45) is 4.99 Å². The first kappa shape index (κ1) is 20.0. The van der Waals surface area contributed by atoms with Gasteiger partial charge in [-0.05, 0) is 43.6 Å². The first-order valence-corrected chi connectivity index (χ1v) is 9.53. The van der Waals surface area contributed by atoms with Gasteiger partial charge in [0.2, 0.25) is 0 Å². The lowest BCUT2D eigenvalue weighted by molar-refractivity contribution is 0.345. The molecule has 0 aliphatic rings. The van der Waals surface area contributed by atoms with E-state index < -0.39 is 0 Å². The molecule has 0 saturated carbocycles. The normalized spacial score (nSPS) is 11.6. The maximum absolute atomic E-state index is 4.74. The van der Waals surface area contributed by atoms with Gasteiger partial charge in [0, 0.05) is 19.6 Å². The third-order valence-electron chi connectivity index (χ3n) is 4.30. The van der Waals surface area contributed by atoms with Crippen molar-refractivity contribution in [3.05, 3.63) is 71.3 Å². The number of nitrogens with one attached hydrogen (secondary N) is 2. The molecule has 2 rings (SSSR count). The monoisotopic (exact) mass is 352 g/mol. The number of rotatable bonds is 9. The first-order chi connectivity index (χ1) is 12.7. The smallest absolute Gasteiger partial charge is 0.191 e. The second-order valence-corrected chi connectivity index (χ2v) is 6.51. The van der Waals surface area contributed by atoms with Crippen LogP contribution < -0.4 is 10.6 Å². The summed E-state index contributed by atoms with van der Waals surface area (Å²) < 4.78 is 0. The molecule has 0 aromatic heterocycles. The van der Waals surface area contributed by atoms with E-state index in [0.29, 0.717) is 6.54 Å². The summed E-state index contributed by atoms with van der Waals surface area (Å²) in [6.07, 6.45) is 0.990. The fourth-order valence-corrected chi connectivity index (χ4v) is 2.73. The molecular formula is C22H32N4. The minimum atomic E-state index is 0.685. The van der Waals surface area contributed by atoms with E-state index in [0.717, 1.165) is 38.6 Å². The number of aliphatic imine (C=N–C) groups is 1. The summed E-state index contributed by atoms with van der Waals surface area (Å²) in [6.45, 7) is 8.72. The lowest BCUT2D eigenvalue weighted by Gasteiger charge is -2.14. The fourth-order valence-electron chi connectivity index (χ4n) is 2.73. The largest absolute Gasteiger partial charge is 0.357 e. The van der Waals surface area contributed by atoms with Crippen molar-refractivity contribution in [2.45, 2.75) is 33.4 Å². The Morgan fingerprint density at radius 3 is 2.38 bits per heavy atom. The maximum Gasteiger partial charge on any atom is 0.191 e. The second kappa shape index (κ2) is 11.3. The Labute approximate surface area is 158 Å². The topological polar surface area (TPSA) is 39.7 Å². The third-order valence-corrected chi connectivity index (χ3v) is 4.30. The summed E-state index contributed by atoms with van der Waals surface area (Å²) in [5, 5.41) is 6.75. The Morgan fingerprint density at radius 1 is 0.923 bits per heavy atom. The van der Waals surface area contributed by atoms with E-state index >= 15 is 0 Å². The molecule has 0 heterocycles. The lowest BCUT2D eigenvalue weighted by Crippen LogP contribution is -2.38. The third kappa shape index (κ3) is 7.28. The molecule has 0 spiro atoms. The predicted molar refractivity (Wildman–Crippen MR) is 111 cm³/mol. The van der Waals surface area contributed by atoms with Gasteiger partial charge in [0.25, 0.3) is 0 Å². The van der Waals surface area contributed by atoms with Gasteiger partial charge in [-0.1, -0.05) is 61.5 Å². The van der Waals surface area contributed by atoms with E-state index in [1.54, 1.807) is 0 Å². The summed E-state index contributed by atoms with van der Waals surface area (Å²) in [4.78, 5) is 7.04. The molecule has 0 aliphatic carbocycles. The summed E-state index contributed by atoms with van der Waals surface area (Å²) in [7, 11) is 2.14. The summed E-state index contributed by atoms with van der Waals surface area (Å²) in [6, 6.07) is 19.2. The van der Waals surface area contributed by atoms with E-state index in [2.05, 4.69) is 91.0 Å². The number of guanidine groups is 1. The Bertz CT molecular complexity index is 667. The van der Waals surface area contributed by atoms with Crippen LogP contribution in [0.5, 0.6) is 0 Å². The average Bonchev–Trinajstić information content (AvgIpc) is 2.67. The van der Waals surface area contributed by atoms with Crippen molar-refractivity contribution < 1.29 is 0 Å². The van der Waals surface area contributed by atoms with Crippen LogP contribution in [0.4, 0.5) is 0 Å². The molecule has 140 valence electrons. The van der Waals surface area contributed by atoms with Crippen LogP contribution in [0.3, 0.4) is 0 Å². The van der Waals surface area contributed by atoms with Gasteiger partial charge in [-0.25, -0.2) is 4.99 Å². The van der Waals surface area contributed by atoms with Gasteiger partial charge in [0.1, 0.15) is 0 Å². The predicted octanol–water partition coefficient (Wildman–Crippen LogP) is 3.44. The molecule has 0 saturated heterocycles. The van der Waals surface area contributed by atoms with Crippen LogP contribution in [-0.2, 0) is 19.5 Å². The number of nitrogens with zero attached hydrogens (tertiary/aromatic N) is 2. The molecule has 4 heteroatoms. The molecule has 0 atom stereocenters. The molecule has 2 aromatic rings. The molecule has 0 radical (unpaired) electrons. The van der Waals surface area contributed by atoms with Crippen LogP contribution in [-0.4, -0.2) is 37.5 Å². The van der Waals surface area contributed by atoms with E-state index in [1.165, 1.54) is 16.7 Å². The van der Waals surface area contributed by atoms with Gasteiger partial charge >= 0.3 is 0 Å². The van der Waals surface area contributed by atoms with Crippen LogP contribution in [0.2, 0.25) is 0 Å². The standard InChI is InChI=1S/C22H32N4/c1-4-23-22(24-15-14-19-10-7-6-8-11-19)25-17-20-12-9-13-21(16-20)18-26(3)5-2/h6-13,16H,4-5,14-15,17-18H2,1-3H3,(H2,23,24,25). The molecule has 4 nitrogen and oxygen atoms in total. The molecular weight excluding hydrogens is 320 g/mol. The highest BCUT2D eigenvalue weighted by molar-refractivity contribution is 5.79. The highest BCUT2D eigenvalue weighted by Gasteiger charge is 2.01. The highest BCUT2D eigenvalue weighted by atomic mass is 15.2. The first-order valence-electron chi connectivity index (χ1n) is 9.53. The van der Waals surface area contributed by atoms with Crippen molar-refractivity contribution in [3.8, 4) is 0 Å². The van der Waals surface area contributed by atoms with Gasteiger partial charge in [0.05, 0.1) is 6.54 Å². The van der Waals surface area contributed by atoms with E-state index in [4.69, 9.17) is 4.99 Å². The minimum Gasteiger partial charge on any atom is -0.357 e. The van der Waals surface area contributed by atoms with Crippen LogP contribution in [0.1, 0.15) is 30.5 Å². The average molecular weight is 353 g/mol. The van der Waals surface area contributed by atoms with Crippen molar-refractivity contribution in [1.29, 1.82) is 0 Å². The summed E-state index contributed by atoms with van der Waals surface area (Å²) in [5.74, 6) is 0.875. The molecule has 0 amide bonds. The quantitative estimate of drug-likeness (QED) is 0.536. The Morgan fingerprint density at radius 2 is 1.65 bits per heavy atom. The minimum absolute atomic E-state index is 0.685. The summed E-state index contributed by atoms with van der Waals surface area (Å²) in [5.41, 5.74) is 3.92. The van der Waals surface area contributed by atoms with Gasteiger partial charge in [-0.3, -0.25) is 0 Å². The lowest BCUT2D eigenvalue weighted by atomic mass is 10.1. The highest BCUT2D eigenvalue weighted by Crippen LogP contribution is 2.09. The number of hydrogen-bond acceptors (Lipinski definition) is 2. The van der Waals surface area contributed by atoms with Crippen molar-refractivity contribution >= 4 is 5.96 Å². The van der Waals surface area contributed by atoms with Gasteiger partial charge in [-0.2, -0.15) is 0 Å². The van der Waals surface area contributed by atoms with E-state index in [-0.39, 0.29) is 0 Å². The molecule has 2 aromatic carbocycles. The SMILES string of the molecule is CCNC(=NCc1cccc(CN(C)CC)c1)NCCc1ccccc1. The second-order valence-electron chi connectivity index (χ2n) is 6.51. The van der Waals surface area contributed by atoms with Crippen LogP contribution in [0.15, 0.2) is 59.6 Å². The van der Waals surface area contributed by atoms with Gasteiger partial charge in [0.15, 0.2) is 5.96 Å². The van der Waals surface area contributed by atoms with Gasteiger partial charge < -0.3 is 15.5 Å². The van der Waals surface area contributed by atoms with Crippen molar-refractivity contribution in [3.63, 3.8) is 0 Å². The molecule has 0 bridgehead atoms. The Kier molecular flexibility index (Phi) is 8.70. The Balaban J connectivity index is 1.90. The fraction of sp³-hybridized carbons (Fsp3) is 0.409. The molecule has 0 aliphatic heterocycles. The zero-order valence-corrected chi connectivity index (χ0v) is 16.3. The molecule has 2 N–H and O–H groups in total. The van der Waals surface area contributed by atoms with Crippen molar-refractivity contribution in [2.75, 3.05) is 26.7 Å². The maximum atomic E-state index is 4.74. The van der Waals surface area contributed by atoms with Crippen LogP contribution in [0.25, 0.3) is 0 Å². The van der Waals surface area contributed by atoms with Crippen LogP contribution >= 0.6 is 0 Å². The zero-order chi connectivity index (χ0) is 18.6. The van der Waals surface area contributed by atoms with Crippen molar-refractivity contribution in [1.82, 2.24) is 15.5 Å². The van der Waals surface area contributed by atoms with E-state index in [1.807, 2.05) is 0 Å². The molecule has 0 unspecified atom stereocenters. The van der Waals surface area contributed by atoms with Crippen LogP contribution in [0, 0.1) is 0 Å². The zero-order valence-electron chi connectivity index (χ0n) is 16.3. The summed E-state index contributed by atoms with van der Waals surface area (Å²) >= 11 is 0. The van der Waals surface area contributed by atoms with Gasteiger partial charge in [-0.15, -0.1) is 0 Å². The molecule has 26 heavy (non-hydrogen) atoms. The number of hydrogen-bond donors (Lipinski definition) is 2. The van der Waals surface area contributed by atoms with E-state index in [9.17, 15) is 0 Å². The number of benzene rings is 2. The Hall–Kier alpha value is -2.33. The molecule has 0 fully saturated rings.